The van der Waals surface area contributed by atoms with E-state index in [1.807, 2.05) is 12.1 Å². The van der Waals surface area contributed by atoms with Crippen LogP contribution in [0.3, 0.4) is 0 Å². The van der Waals surface area contributed by atoms with E-state index in [4.69, 9.17) is 16.0 Å². The van der Waals surface area contributed by atoms with Crippen LogP contribution in [0.15, 0.2) is 65.1 Å². The number of rotatable bonds is 4. The fraction of sp³-hybridized carbons (Fsp3) is 0.0476. The maximum atomic E-state index is 12.5. The Morgan fingerprint density at radius 1 is 1.10 bits per heavy atom. The molecule has 8 heteroatoms. The molecule has 0 spiro atoms. The zero-order chi connectivity index (χ0) is 20.5. The maximum absolute atomic E-state index is 12.5. The average molecular weight is 408 g/mol. The van der Waals surface area contributed by atoms with Gasteiger partial charge in [-0.2, -0.15) is 0 Å². The average Bonchev–Trinajstić information content (AvgIpc) is 3.11. The van der Waals surface area contributed by atoms with Crippen molar-refractivity contribution < 1.29 is 14.1 Å². The van der Waals surface area contributed by atoms with Crippen LogP contribution in [0.25, 0.3) is 22.6 Å². The second-order valence-electron chi connectivity index (χ2n) is 6.42. The Balaban J connectivity index is 1.58. The number of nitro groups is 1. The predicted octanol–water partition coefficient (Wildman–Crippen LogP) is 5.62. The summed E-state index contributed by atoms with van der Waals surface area (Å²) in [6, 6.07) is 16.5. The third-order valence-corrected chi connectivity index (χ3v) is 4.64. The van der Waals surface area contributed by atoms with E-state index in [0.29, 0.717) is 38.8 Å². The van der Waals surface area contributed by atoms with Crippen LogP contribution in [-0.4, -0.2) is 15.8 Å². The number of carbonyl (C=O) groups is 1. The first-order valence-electron chi connectivity index (χ1n) is 8.63. The van der Waals surface area contributed by atoms with Crippen molar-refractivity contribution in [3.63, 3.8) is 0 Å². The number of fused-ring (bicyclic) bond motifs is 1. The second kappa shape index (κ2) is 7.37. The molecule has 0 bridgehead atoms. The van der Waals surface area contributed by atoms with Gasteiger partial charge < -0.3 is 9.73 Å². The first-order valence-corrected chi connectivity index (χ1v) is 9.01. The Kier molecular flexibility index (Phi) is 4.74. The van der Waals surface area contributed by atoms with Gasteiger partial charge in [-0.15, -0.1) is 0 Å². The summed E-state index contributed by atoms with van der Waals surface area (Å²) in [6.45, 7) is 1.59. The molecule has 0 aliphatic carbocycles. The molecule has 1 amide bonds. The molecular weight excluding hydrogens is 394 g/mol. The summed E-state index contributed by atoms with van der Waals surface area (Å²) < 4.78 is 5.76. The topological polar surface area (TPSA) is 98.3 Å². The number of benzene rings is 3. The molecular formula is C21H14ClN3O4. The standard InChI is InChI=1S/C21H14ClN3O4/c1-12-10-14(4-8-18(12)25(27)28)20(26)23-16-7-9-19-17(11-16)24-21(29-19)13-2-5-15(22)6-3-13/h2-11H,1H3,(H,23,26). The molecule has 1 N–H and O–H groups in total. The molecule has 0 unspecified atom stereocenters. The van der Waals surface area contributed by atoms with Crippen molar-refractivity contribution >= 4 is 40.0 Å². The zero-order valence-electron chi connectivity index (χ0n) is 15.2. The summed E-state index contributed by atoms with van der Waals surface area (Å²) >= 11 is 5.91. The summed E-state index contributed by atoms with van der Waals surface area (Å²) in [6.07, 6.45) is 0. The molecule has 0 aliphatic rings. The minimum absolute atomic E-state index is 0.0275. The number of aryl methyl sites for hydroxylation is 1. The third-order valence-electron chi connectivity index (χ3n) is 4.39. The van der Waals surface area contributed by atoms with Crippen LogP contribution in [0.4, 0.5) is 11.4 Å². The molecule has 0 atom stereocenters. The number of carbonyl (C=O) groups excluding carboxylic acids is 1. The van der Waals surface area contributed by atoms with Crippen LogP contribution in [0.5, 0.6) is 0 Å². The highest BCUT2D eigenvalue weighted by Crippen LogP contribution is 2.27. The molecule has 4 aromatic rings. The predicted molar refractivity (Wildman–Crippen MR) is 110 cm³/mol. The van der Waals surface area contributed by atoms with Gasteiger partial charge in [0.1, 0.15) is 5.52 Å². The monoisotopic (exact) mass is 407 g/mol. The summed E-state index contributed by atoms with van der Waals surface area (Å²) in [5.41, 5.74) is 3.22. The first kappa shape index (κ1) is 18.6. The first-order chi connectivity index (χ1) is 13.9. The Morgan fingerprint density at radius 3 is 2.55 bits per heavy atom. The van der Waals surface area contributed by atoms with Crippen molar-refractivity contribution in [1.82, 2.24) is 4.98 Å². The van der Waals surface area contributed by atoms with E-state index in [9.17, 15) is 14.9 Å². The van der Waals surface area contributed by atoms with Crippen LogP contribution >= 0.6 is 11.6 Å². The van der Waals surface area contributed by atoms with Gasteiger partial charge >= 0.3 is 0 Å². The number of oxazole rings is 1. The molecule has 4 rings (SSSR count). The fourth-order valence-electron chi connectivity index (χ4n) is 2.93. The van der Waals surface area contributed by atoms with E-state index >= 15 is 0 Å². The minimum atomic E-state index is -0.478. The number of anilines is 1. The van der Waals surface area contributed by atoms with Crippen molar-refractivity contribution in [2.75, 3.05) is 5.32 Å². The van der Waals surface area contributed by atoms with Crippen LogP contribution in [0.1, 0.15) is 15.9 Å². The van der Waals surface area contributed by atoms with E-state index in [-0.39, 0.29) is 11.6 Å². The lowest BCUT2D eigenvalue weighted by Gasteiger charge is -2.06. The maximum Gasteiger partial charge on any atom is 0.272 e. The van der Waals surface area contributed by atoms with Gasteiger partial charge in [-0.1, -0.05) is 11.6 Å². The van der Waals surface area contributed by atoms with Gasteiger partial charge in [0.05, 0.1) is 4.92 Å². The Bertz CT molecular complexity index is 1250. The Morgan fingerprint density at radius 2 is 1.86 bits per heavy atom. The largest absolute Gasteiger partial charge is 0.436 e. The van der Waals surface area contributed by atoms with Crippen LogP contribution in [-0.2, 0) is 0 Å². The molecule has 7 nitrogen and oxygen atoms in total. The molecule has 0 aliphatic heterocycles. The van der Waals surface area contributed by atoms with E-state index in [2.05, 4.69) is 10.3 Å². The Labute approximate surface area is 170 Å². The van der Waals surface area contributed by atoms with Gasteiger partial charge in [0.2, 0.25) is 5.89 Å². The van der Waals surface area contributed by atoms with E-state index in [1.165, 1.54) is 18.2 Å². The van der Waals surface area contributed by atoms with Crippen molar-refractivity contribution in [3.05, 3.63) is 86.9 Å². The van der Waals surface area contributed by atoms with Crippen LogP contribution in [0.2, 0.25) is 5.02 Å². The molecule has 0 radical (unpaired) electrons. The number of aromatic nitrogens is 1. The van der Waals surface area contributed by atoms with Gasteiger partial charge in [-0.05, 0) is 61.5 Å². The number of amides is 1. The lowest BCUT2D eigenvalue weighted by atomic mass is 10.1. The highest BCUT2D eigenvalue weighted by molar-refractivity contribution is 6.30. The van der Waals surface area contributed by atoms with Gasteiger partial charge in [-0.3, -0.25) is 14.9 Å². The highest BCUT2D eigenvalue weighted by Gasteiger charge is 2.15. The van der Waals surface area contributed by atoms with E-state index in [1.54, 1.807) is 37.3 Å². The van der Waals surface area contributed by atoms with Crippen molar-refractivity contribution in [2.45, 2.75) is 6.92 Å². The lowest BCUT2D eigenvalue weighted by molar-refractivity contribution is -0.385. The lowest BCUT2D eigenvalue weighted by Crippen LogP contribution is -2.12. The molecule has 0 saturated heterocycles. The SMILES string of the molecule is Cc1cc(C(=O)Nc2ccc3oc(-c4ccc(Cl)cc4)nc3c2)ccc1[N+](=O)[O-]. The van der Waals surface area contributed by atoms with E-state index < -0.39 is 4.92 Å². The molecule has 0 saturated carbocycles. The van der Waals surface area contributed by atoms with Gasteiger partial charge in [0, 0.05) is 33.5 Å². The second-order valence-corrected chi connectivity index (χ2v) is 6.86. The summed E-state index contributed by atoms with van der Waals surface area (Å²) in [5, 5.41) is 14.3. The minimum Gasteiger partial charge on any atom is -0.436 e. The zero-order valence-corrected chi connectivity index (χ0v) is 15.9. The number of hydrogen-bond acceptors (Lipinski definition) is 5. The fourth-order valence-corrected chi connectivity index (χ4v) is 3.05. The number of halogens is 1. The summed E-state index contributed by atoms with van der Waals surface area (Å²) in [7, 11) is 0. The number of hydrogen-bond donors (Lipinski definition) is 1. The third kappa shape index (κ3) is 3.81. The van der Waals surface area contributed by atoms with E-state index in [0.717, 1.165) is 5.56 Å². The molecule has 1 aromatic heterocycles. The molecule has 0 fully saturated rings. The summed E-state index contributed by atoms with van der Waals surface area (Å²) in [4.78, 5) is 27.4. The van der Waals surface area contributed by atoms with Crippen LogP contribution < -0.4 is 5.32 Å². The highest BCUT2D eigenvalue weighted by atomic mass is 35.5. The Hall–Kier alpha value is -3.71. The van der Waals surface area contributed by atoms with Gasteiger partial charge in [-0.25, -0.2) is 4.98 Å². The van der Waals surface area contributed by atoms with Gasteiger partial charge in [0.25, 0.3) is 11.6 Å². The molecule has 1 heterocycles. The number of nitrogens with one attached hydrogen (secondary N) is 1. The smallest absolute Gasteiger partial charge is 0.272 e. The summed E-state index contributed by atoms with van der Waals surface area (Å²) in [5.74, 6) is 0.0786. The number of nitro benzene ring substituents is 1. The number of nitrogens with zero attached hydrogens (tertiary/aromatic N) is 2. The molecule has 29 heavy (non-hydrogen) atoms. The van der Waals surface area contributed by atoms with Crippen molar-refractivity contribution in [2.24, 2.45) is 0 Å². The molecule has 144 valence electrons. The van der Waals surface area contributed by atoms with Crippen molar-refractivity contribution in [1.29, 1.82) is 0 Å². The van der Waals surface area contributed by atoms with Gasteiger partial charge in [0.15, 0.2) is 5.58 Å². The van der Waals surface area contributed by atoms with Crippen molar-refractivity contribution in [3.8, 4) is 11.5 Å². The quantitative estimate of drug-likeness (QED) is 0.350. The normalized spacial score (nSPS) is 10.8. The molecule has 3 aromatic carbocycles. The van der Waals surface area contributed by atoms with Crippen LogP contribution in [0, 0.1) is 17.0 Å².